The monoisotopic (exact) mass is 937 g/mol. The number of ether oxygens (including phenoxy) is 3. The first-order valence-corrected chi connectivity index (χ1v) is 23.7. The molecule has 3 aliphatic heterocycles. The maximum absolute atomic E-state index is 12.5. The summed E-state index contributed by atoms with van der Waals surface area (Å²) >= 11 is 2.80. The first-order valence-electron chi connectivity index (χ1n) is 20.0. The lowest BCUT2D eigenvalue weighted by Crippen LogP contribution is -2.48. The molecule has 5 heterocycles. The summed E-state index contributed by atoms with van der Waals surface area (Å²) in [5.74, 6) is -1.18. The zero-order chi connectivity index (χ0) is 46.0. The maximum atomic E-state index is 12.5. The second kappa shape index (κ2) is 21.1. The molecule has 3 aliphatic rings. The number of aliphatic hydroxyl groups is 1. The summed E-state index contributed by atoms with van der Waals surface area (Å²) in [6.45, 7) is 4.03. The average Bonchev–Trinajstić information content (AvgIpc) is 4.10. The zero-order valence-corrected chi connectivity index (χ0v) is 37.3. The van der Waals surface area contributed by atoms with Crippen molar-refractivity contribution in [1.29, 1.82) is 10.8 Å². The molecule has 2 unspecified atom stereocenters. The fourth-order valence-corrected chi connectivity index (χ4v) is 8.53. The molecule has 0 bridgehead atoms. The van der Waals surface area contributed by atoms with Gasteiger partial charge in [0.2, 0.25) is 0 Å². The van der Waals surface area contributed by atoms with E-state index >= 15 is 0 Å². The number of likely N-dealkylation sites (tertiary alicyclic amines) is 1. The zero-order valence-electron chi connectivity index (χ0n) is 34.8. The van der Waals surface area contributed by atoms with E-state index < -0.39 is 34.0 Å². The smallest absolute Gasteiger partial charge is 0.414 e. The Bertz CT molecular complexity index is 2420. The Hall–Kier alpha value is -6.04. The molecule has 3 saturated heterocycles. The van der Waals surface area contributed by atoms with E-state index in [1.54, 1.807) is 94.0 Å². The largest absolute Gasteiger partial charge is 0.466 e. The van der Waals surface area contributed by atoms with Crippen LogP contribution in [0, 0.1) is 10.8 Å². The third-order valence-electron chi connectivity index (χ3n) is 10.2. The fourth-order valence-electron chi connectivity index (χ4n) is 6.86. The number of benzene rings is 2. The third-order valence-corrected chi connectivity index (χ3v) is 12.2. The normalized spacial score (nSPS) is 18.3. The molecule has 5 N–H and O–H groups in total. The Morgan fingerprint density at radius 1 is 0.781 bits per heavy atom. The SMILES string of the molecule is CCOC(=O)CC1(O)CCN(CC2CN(c3ccc(C(=N)NC(=O)c4ccsc4)cc3)C(=O)O2)CC1.CS(=O)(=O)OCC1CN(c2ccc(C(=N)NC(=O)c3ccsc3)cc2)C(=O)O1. The highest BCUT2D eigenvalue weighted by Gasteiger charge is 2.38. The van der Waals surface area contributed by atoms with Gasteiger partial charge >= 0.3 is 18.2 Å². The molecular formula is C42H47N7O12S3. The number of nitrogens with one attached hydrogen (secondary N) is 4. The van der Waals surface area contributed by atoms with Crippen molar-refractivity contribution in [2.75, 3.05) is 62.0 Å². The summed E-state index contributed by atoms with van der Waals surface area (Å²) in [5, 5.41) is 38.9. The van der Waals surface area contributed by atoms with E-state index in [0.29, 0.717) is 79.3 Å². The number of thiophene rings is 2. The summed E-state index contributed by atoms with van der Waals surface area (Å²) in [7, 11) is -3.62. The topological polar surface area (TPSA) is 258 Å². The number of anilines is 2. The first kappa shape index (κ1) is 47.4. The number of amidine groups is 2. The fraction of sp³-hybridized carbons (Fsp3) is 0.357. The summed E-state index contributed by atoms with van der Waals surface area (Å²) < 4.78 is 42.4. The number of rotatable bonds is 14. The van der Waals surface area contributed by atoms with Gasteiger partial charge < -0.3 is 30.0 Å². The van der Waals surface area contributed by atoms with E-state index in [-0.39, 0.29) is 55.1 Å². The Kier molecular flexibility index (Phi) is 15.6. The van der Waals surface area contributed by atoms with Gasteiger partial charge in [0.15, 0.2) is 0 Å². The molecule has 0 radical (unpaired) electrons. The molecule has 2 atom stereocenters. The lowest BCUT2D eigenvalue weighted by molar-refractivity contribution is -0.150. The van der Waals surface area contributed by atoms with Crippen LogP contribution in [0.3, 0.4) is 0 Å². The second-order valence-corrected chi connectivity index (χ2v) is 18.2. The molecule has 64 heavy (non-hydrogen) atoms. The minimum Gasteiger partial charge on any atom is -0.466 e. The van der Waals surface area contributed by atoms with E-state index in [4.69, 9.17) is 25.0 Å². The van der Waals surface area contributed by atoms with Crippen LogP contribution in [-0.2, 0) is 33.3 Å². The number of hydrogen-bond acceptors (Lipinski definition) is 17. The molecule has 0 saturated carbocycles. The van der Waals surface area contributed by atoms with Gasteiger partial charge in [-0.2, -0.15) is 31.1 Å². The Morgan fingerprint density at radius 3 is 1.69 bits per heavy atom. The summed E-state index contributed by atoms with van der Waals surface area (Å²) in [4.78, 5) is 65.4. The van der Waals surface area contributed by atoms with E-state index in [1.165, 1.54) is 27.6 Å². The molecule has 22 heteroatoms. The van der Waals surface area contributed by atoms with Crippen molar-refractivity contribution in [2.24, 2.45) is 0 Å². The molecule has 340 valence electrons. The van der Waals surface area contributed by atoms with E-state index in [0.717, 1.165) is 6.26 Å². The highest BCUT2D eigenvalue weighted by atomic mass is 32.2. The molecular weight excluding hydrogens is 891 g/mol. The molecule has 3 fully saturated rings. The van der Waals surface area contributed by atoms with Crippen molar-refractivity contribution < 1.29 is 55.9 Å². The molecule has 4 aromatic rings. The highest BCUT2D eigenvalue weighted by molar-refractivity contribution is 7.86. The second-order valence-electron chi connectivity index (χ2n) is 15.0. The molecule has 2 aromatic carbocycles. The summed E-state index contributed by atoms with van der Waals surface area (Å²) in [6.07, 6.45) is -0.265. The molecule has 19 nitrogen and oxygen atoms in total. The van der Waals surface area contributed by atoms with Gasteiger partial charge in [-0.1, -0.05) is 0 Å². The standard InChI is InChI=1S/C25H30N4O6S.C17H17N3O6S2/c1-2-34-21(30)13-25(33)8-10-28(11-9-25)14-20-15-29(24(32)35-20)19-5-3-17(4-6-19)22(26)27-23(31)18-7-12-36-16-18;1-28(23,24)25-9-14-8-20(17(22)26-14)13-4-2-11(3-5-13)15(18)19-16(21)12-6-7-27-10-12/h3-7,12,16,20,33H,2,8-11,13-15H2,1H3,(H2,26,27,31);2-7,10,14H,8-9H2,1H3,(H2,18,19,21). The number of nitrogens with zero attached hydrogens (tertiary/aromatic N) is 3. The minimum atomic E-state index is -3.62. The number of carbonyl (C=O) groups excluding carboxylic acids is 5. The number of amides is 4. The Morgan fingerprint density at radius 2 is 1.25 bits per heavy atom. The van der Waals surface area contributed by atoms with Crippen LogP contribution >= 0.6 is 22.7 Å². The van der Waals surface area contributed by atoms with Crippen LogP contribution in [0.25, 0.3) is 0 Å². The van der Waals surface area contributed by atoms with Crippen LogP contribution in [0.5, 0.6) is 0 Å². The minimum absolute atomic E-state index is 0.00794. The van der Waals surface area contributed by atoms with E-state index in [1.807, 2.05) is 0 Å². The van der Waals surface area contributed by atoms with Crippen molar-refractivity contribution in [3.63, 3.8) is 0 Å². The van der Waals surface area contributed by atoms with Gasteiger partial charge in [-0.3, -0.25) is 44.1 Å². The van der Waals surface area contributed by atoms with Crippen LogP contribution in [0.2, 0.25) is 0 Å². The van der Waals surface area contributed by atoms with Crippen molar-refractivity contribution in [1.82, 2.24) is 15.5 Å². The highest BCUT2D eigenvalue weighted by Crippen LogP contribution is 2.28. The van der Waals surface area contributed by atoms with Gasteiger partial charge in [0.1, 0.15) is 30.5 Å². The molecule has 7 rings (SSSR count). The predicted molar refractivity (Wildman–Crippen MR) is 238 cm³/mol. The number of carbonyl (C=O) groups is 5. The molecule has 0 spiro atoms. The van der Waals surface area contributed by atoms with Crippen LogP contribution < -0.4 is 20.4 Å². The predicted octanol–water partition coefficient (Wildman–Crippen LogP) is 4.41. The van der Waals surface area contributed by atoms with Gasteiger partial charge in [0.05, 0.1) is 49.1 Å². The van der Waals surface area contributed by atoms with Gasteiger partial charge in [0, 0.05) is 52.9 Å². The van der Waals surface area contributed by atoms with Gasteiger partial charge in [-0.25, -0.2) is 9.59 Å². The van der Waals surface area contributed by atoms with Gasteiger partial charge in [0.25, 0.3) is 21.9 Å². The number of hydrogen-bond donors (Lipinski definition) is 5. The number of cyclic esters (lactones) is 2. The van der Waals surface area contributed by atoms with Crippen molar-refractivity contribution >= 4 is 85.8 Å². The first-order chi connectivity index (χ1) is 30.5. The van der Waals surface area contributed by atoms with Crippen LogP contribution in [-0.4, -0.2) is 130 Å². The van der Waals surface area contributed by atoms with Crippen molar-refractivity contribution in [3.8, 4) is 0 Å². The molecule has 2 aromatic heterocycles. The Labute approximate surface area is 377 Å². The molecule has 4 amide bonds. The van der Waals surface area contributed by atoms with Crippen LogP contribution in [0.4, 0.5) is 21.0 Å². The maximum Gasteiger partial charge on any atom is 0.414 e. The number of piperidine rings is 1. The van der Waals surface area contributed by atoms with E-state index in [9.17, 15) is 37.5 Å². The Balaban J connectivity index is 0.000000219. The van der Waals surface area contributed by atoms with Crippen LogP contribution in [0.15, 0.2) is 82.2 Å². The van der Waals surface area contributed by atoms with Crippen molar-refractivity contribution in [3.05, 3.63) is 104 Å². The lowest BCUT2D eigenvalue weighted by Gasteiger charge is -2.38. The van der Waals surface area contributed by atoms with Crippen LogP contribution in [0.1, 0.15) is 58.0 Å². The summed E-state index contributed by atoms with van der Waals surface area (Å²) in [5.41, 5.74) is 2.09. The van der Waals surface area contributed by atoms with Crippen molar-refractivity contribution in [2.45, 2.75) is 44.0 Å². The quantitative estimate of drug-likeness (QED) is 0.0387. The number of esters is 1. The third kappa shape index (κ3) is 13.0. The van der Waals surface area contributed by atoms with Gasteiger partial charge in [-0.05, 0) is 91.2 Å². The summed E-state index contributed by atoms with van der Waals surface area (Å²) in [6, 6.07) is 16.6. The van der Waals surface area contributed by atoms with E-state index in [2.05, 4.69) is 19.7 Å². The average molecular weight is 938 g/mol. The van der Waals surface area contributed by atoms with Gasteiger partial charge in [-0.15, -0.1) is 0 Å². The molecule has 0 aliphatic carbocycles. The lowest BCUT2D eigenvalue weighted by atomic mass is 9.88.